The van der Waals surface area contributed by atoms with Gasteiger partial charge in [0.25, 0.3) is 0 Å². The molecule has 2 rings (SSSR count). The van der Waals surface area contributed by atoms with Crippen molar-refractivity contribution in [3.05, 3.63) is 52.0 Å². The first-order chi connectivity index (χ1) is 12.0. The van der Waals surface area contributed by atoms with Crippen LogP contribution in [0.1, 0.15) is 36.0 Å². The summed E-state index contributed by atoms with van der Waals surface area (Å²) in [4.78, 5) is 29.2. The molecule has 0 radical (unpaired) electrons. The van der Waals surface area contributed by atoms with Crippen molar-refractivity contribution < 1.29 is 9.59 Å². The van der Waals surface area contributed by atoms with Crippen LogP contribution in [0, 0.1) is 12.8 Å². The van der Waals surface area contributed by atoms with Crippen LogP contribution in [0.5, 0.6) is 0 Å². The highest BCUT2D eigenvalue weighted by molar-refractivity contribution is 7.09. The largest absolute Gasteiger partial charge is 0.333 e. The van der Waals surface area contributed by atoms with Crippen LogP contribution in [0.25, 0.3) is 0 Å². The molecule has 0 saturated heterocycles. The first kappa shape index (κ1) is 19.1. The van der Waals surface area contributed by atoms with Crippen LogP contribution in [0.15, 0.2) is 35.8 Å². The van der Waals surface area contributed by atoms with E-state index >= 15 is 0 Å². The Morgan fingerprint density at radius 1 is 1.24 bits per heavy atom. The number of imide groups is 1. The van der Waals surface area contributed by atoms with Crippen LogP contribution in [0.4, 0.5) is 4.79 Å². The van der Waals surface area contributed by atoms with Gasteiger partial charge in [-0.2, -0.15) is 0 Å². The van der Waals surface area contributed by atoms with Gasteiger partial charge < -0.3 is 5.32 Å². The van der Waals surface area contributed by atoms with Crippen LogP contribution >= 0.6 is 11.3 Å². The number of rotatable bonds is 7. The molecule has 25 heavy (non-hydrogen) atoms. The summed E-state index contributed by atoms with van der Waals surface area (Å²) in [5.74, 6) is -0.114. The topological polar surface area (TPSA) is 83.1 Å². The maximum atomic E-state index is 12.0. The summed E-state index contributed by atoms with van der Waals surface area (Å²) in [6.45, 7) is 6.59. The van der Waals surface area contributed by atoms with E-state index in [2.05, 4.69) is 34.8 Å². The second-order valence-electron chi connectivity index (χ2n) is 6.12. The fraction of sp³-hybridized carbons (Fsp3) is 0.389. The molecule has 0 aliphatic carbocycles. The molecule has 7 heteroatoms. The Bertz CT molecular complexity index is 701. The van der Waals surface area contributed by atoms with Gasteiger partial charge in [-0.1, -0.05) is 26.0 Å². The maximum Gasteiger partial charge on any atom is 0.321 e. The molecule has 2 heterocycles. The van der Waals surface area contributed by atoms with Crippen molar-refractivity contribution in [3.63, 3.8) is 0 Å². The van der Waals surface area contributed by atoms with Crippen LogP contribution in [-0.4, -0.2) is 23.5 Å². The third-order valence-corrected chi connectivity index (χ3v) is 4.63. The lowest BCUT2D eigenvalue weighted by Gasteiger charge is -2.23. The first-order valence-electron chi connectivity index (χ1n) is 8.22. The second kappa shape index (κ2) is 9.29. The third kappa shape index (κ3) is 5.95. The minimum absolute atomic E-state index is 0.0469. The van der Waals surface area contributed by atoms with E-state index in [4.69, 9.17) is 0 Å². The lowest BCUT2D eigenvalue weighted by molar-refractivity contribution is -0.119. The number of hydrogen-bond donors (Lipinski definition) is 3. The van der Waals surface area contributed by atoms with Gasteiger partial charge in [0.15, 0.2) is 0 Å². The molecule has 6 nitrogen and oxygen atoms in total. The molecule has 134 valence electrons. The molecule has 0 aliphatic rings. The van der Waals surface area contributed by atoms with Crippen LogP contribution in [-0.2, 0) is 11.3 Å². The number of carbonyl (C=O) groups excluding carboxylic acids is 2. The molecule has 2 aromatic heterocycles. The molecule has 0 spiro atoms. The Balaban J connectivity index is 1.82. The fourth-order valence-corrected chi connectivity index (χ4v) is 3.11. The molecule has 3 amide bonds. The Morgan fingerprint density at radius 3 is 2.68 bits per heavy atom. The van der Waals surface area contributed by atoms with E-state index in [0.29, 0.717) is 6.54 Å². The van der Waals surface area contributed by atoms with Gasteiger partial charge in [0.2, 0.25) is 5.91 Å². The Labute approximate surface area is 152 Å². The SMILES string of the molecule is Cc1cccnc1C(NCC(=O)NC(=O)NCc1cccs1)C(C)C. The molecule has 0 bridgehead atoms. The third-order valence-electron chi connectivity index (χ3n) is 3.75. The van der Waals surface area contributed by atoms with E-state index in [9.17, 15) is 9.59 Å². The fourth-order valence-electron chi connectivity index (χ4n) is 2.47. The molecule has 0 saturated carbocycles. The maximum absolute atomic E-state index is 12.0. The summed E-state index contributed by atoms with van der Waals surface area (Å²) >= 11 is 1.55. The standard InChI is InChI=1S/C18H24N4O2S/c1-12(2)16(17-13(3)6-4-8-19-17)20-11-15(23)22-18(24)21-10-14-7-5-9-25-14/h4-9,12,16,20H,10-11H2,1-3H3,(H2,21,22,23,24). The molecular formula is C18H24N4O2S. The zero-order valence-corrected chi connectivity index (χ0v) is 15.5. The van der Waals surface area contributed by atoms with Gasteiger partial charge in [0, 0.05) is 11.1 Å². The molecule has 1 unspecified atom stereocenters. The summed E-state index contributed by atoms with van der Waals surface area (Å²) < 4.78 is 0. The van der Waals surface area contributed by atoms with Crippen LogP contribution < -0.4 is 16.0 Å². The number of urea groups is 1. The smallest absolute Gasteiger partial charge is 0.321 e. The van der Waals surface area contributed by atoms with Crippen LogP contribution in [0.2, 0.25) is 0 Å². The highest BCUT2D eigenvalue weighted by Crippen LogP contribution is 2.22. The predicted octanol–water partition coefficient (Wildman–Crippen LogP) is 2.76. The molecule has 0 fully saturated rings. The lowest BCUT2D eigenvalue weighted by atomic mass is 9.97. The Morgan fingerprint density at radius 2 is 2.04 bits per heavy atom. The van der Waals surface area contributed by atoms with Gasteiger partial charge in [0.05, 0.1) is 24.8 Å². The number of amides is 3. The molecule has 1 atom stereocenters. The summed E-state index contributed by atoms with van der Waals surface area (Å²) in [6, 6.07) is 7.19. The van der Waals surface area contributed by atoms with E-state index in [0.717, 1.165) is 16.1 Å². The number of hydrogen-bond acceptors (Lipinski definition) is 5. The average molecular weight is 360 g/mol. The molecule has 2 aromatic rings. The van der Waals surface area contributed by atoms with Gasteiger partial charge in [0.1, 0.15) is 0 Å². The summed E-state index contributed by atoms with van der Waals surface area (Å²) in [7, 11) is 0. The number of nitrogens with one attached hydrogen (secondary N) is 3. The first-order valence-corrected chi connectivity index (χ1v) is 9.10. The zero-order chi connectivity index (χ0) is 18.2. The number of pyridine rings is 1. The number of nitrogens with zero attached hydrogens (tertiary/aromatic N) is 1. The normalized spacial score (nSPS) is 12.0. The molecule has 0 aliphatic heterocycles. The Kier molecular flexibility index (Phi) is 7.09. The molecule has 3 N–H and O–H groups in total. The minimum Gasteiger partial charge on any atom is -0.333 e. The number of carbonyl (C=O) groups is 2. The van der Waals surface area contributed by atoms with Gasteiger partial charge >= 0.3 is 6.03 Å². The quantitative estimate of drug-likeness (QED) is 0.709. The summed E-state index contributed by atoms with van der Waals surface area (Å²) in [6.07, 6.45) is 1.75. The molecular weight excluding hydrogens is 336 g/mol. The van der Waals surface area contributed by atoms with E-state index in [1.54, 1.807) is 17.5 Å². The highest BCUT2D eigenvalue weighted by atomic mass is 32.1. The zero-order valence-electron chi connectivity index (χ0n) is 14.7. The lowest BCUT2D eigenvalue weighted by Crippen LogP contribution is -2.44. The molecule has 0 aromatic carbocycles. The van der Waals surface area contributed by atoms with Crippen molar-refractivity contribution in [3.8, 4) is 0 Å². The van der Waals surface area contributed by atoms with E-state index in [1.165, 1.54) is 0 Å². The number of aryl methyl sites for hydroxylation is 1. The summed E-state index contributed by atoms with van der Waals surface area (Å²) in [5.41, 5.74) is 2.00. The van der Waals surface area contributed by atoms with Crippen molar-refractivity contribution in [1.29, 1.82) is 0 Å². The number of aromatic nitrogens is 1. The van der Waals surface area contributed by atoms with Gasteiger partial charge in [-0.15, -0.1) is 11.3 Å². The van der Waals surface area contributed by atoms with E-state index < -0.39 is 6.03 Å². The van der Waals surface area contributed by atoms with Crippen molar-refractivity contribution >= 4 is 23.3 Å². The average Bonchev–Trinajstić information content (AvgIpc) is 3.08. The van der Waals surface area contributed by atoms with Gasteiger partial charge in [-0.25, -0.2) is 4.79 Å². The van der Waals surface area contributed by atoms with Crippen molar-refractivity contribution in [1.82, 2.24) is 20.9 Å². The van der Waals surface area contributed by atoms with Gasteiger partial charge in [-0.3, -0.25) is 20.4 Å². The predicted molar refractivity (Wildman–Crippen MR) is 99.3 cm³/mol. The monoisotopic (exact) mass is 360 g/mol. The van der Waals surface area contributed by atoms with E-state index in [-0.39, 0.29) is 24.4 Å². The van der Waals surface area contributed by atoms with Gasteiger partial charge in [-0.05, 0) is 35.9 Å². The Hall–Kier alpha value is -2.25. The second-order valence-corrected chi connectivity index (χ2v) is 7.15. The number of thiophene rings is 1. The van der Waals surface area contributed by atoms with Crippen molar-refractivity contribution in [2.75, 3.05) is 6.54 Å². The summed E-state index contributed by atoms with van der Waals surface area (Å²) in [5, 5.41) is 10.1. The van der Waals surface area contributed by atoms with Crippen molar-refractivity contribution in [2.24, 2.45) is 5.92 Å². The highest BCUT2D eigenvalue weighted by Gasteiger charge is 2.20. The van der Waals surface area contributed by atoms with Crippen molar-refractivity contribution in [2.45, 2.75) is 33.4 Å². The van der Waals surface area contributed by atoms with E-state index in [1.807, 2.05) is 36.6 Å². The van der Waals surface area contributed by atoms with Crippen LogP contribution in [0.3, 0.4) is 0 Å². The minimum atomic E-state index is -0.490.